The molecule has 0 bridgehead atoms. The molecule has 0 amide bonds. The van der Waals surface area contributed by atoms with Crippen molar-refractivity contribution < 1.29 is 14.6 Å². The molecule has 4 nitrogen and oxygen atoms in total. The molecule has 0 rings (SSSR count). The molecule has 102 valence electrons. The van der Waals surface area contributed by atoms with Crippen molar-refractivity contribution in [2.75, 3.05) is 13.1 Å². The van der Waals surface area contributed by atoms with E-state index in [9.17, 15) is 9.90 Å². The summed E-state index contributed by atoms with van der Waals surface area (Å²) in [5, 5.41) is 12.8. The molecule has 0 spiro atoms. The Hall–Kier alpha value is -0.610. The normalized spacial score (nSPS) is 13.8. The molecule has 0 aromatic carbocycles. The van der Waals surface area contributed by atoms with Crippen molar-refractivity contribution in [1.29, 1.82) is 0 Å². The van der Waals surface area contributed by atoms with Gasteiger partial charge in [-0.2, -0.15) is 0 Å². The van der Waals surface area contributed by atoms with Gasteiger partial charge in [0.15, 0.2) is 0 Å². The molecular formula is C13H27NO3. The summed E-state index contributed by atoms with van der Waals surface area (Å²) in [6.45, 7) is 10.2. The zero-order valence-electron chi connectivity index (χ0n) is 11.7. The molecule has 0 aliphatic carbocycles. The zero-order valence-corrected chi connectivity index (χ0v) is 11.7. The summed E-state index contributed by atoms with van der Waals surface area (Å²) in [6.07, 6.45) is 1.50. The first-order valence-corrected chi connectivity index (χ1v) is 6.40. The van der Waals surface area contributed by atoms with Gasteiger partial charge in [-0.1, -0.05) is 26.7 Å². The number of aliphatic hydroxyl groups excluding tert-OH is 1. The maximum absolute atomic E-state index is 11.4. The molecule has 0 aromatic heterocycles. The van der Waals surface area contributed by atoms with Gasteiger partial charge in [-0.15, -0.1) is 0 Å². The lowest BCUT2D eigenvalue weighted by Gasteiger charge is -2.22. The van der Waals surface area contributed by atoms with E-state index in [1.165, 1.54) is 0 Å². The fourth-order valence-corrected chi connectivity index (χ4v) is 1.70. The van der Waals surface area contributed by atoms with E-state index < -0.39 is 11.7 Å². The van der Waals surface area contributed by atoms with E-state index in [-0.39, 0.29) is 12.5 Å². The molecule has 0 heterocycles. The highest BCUT2D eigenvalue weighted by Gasteiger charge is 2.18. The van der Waals surface area contributed by atoms with Crippen molar-refractivity contribution in [2.45, 2.75) is 59.2 Å². The highest BCUT2D eigenvalue weighted by Crippen LogP contribution is 2.12. The quantitative estimate of drug-likeness (QED) is 0.670. The second kappa shape index (κ2) is 7.67. The molecule has 0 saturated carbocycles. The third-order valence-electron chi connectivity index (χ3n) is 2.64. The van der Waals surface area contributed by atoms with E-state index in [2.05, 4.69) is 19.2 Å². The first-order valence-electron chi connectivity index (χ1n) is 6.40. The van der Waals surface area contributed by atoms with Gasteiger partial charge in [0.2, 0.25) is 0 Å². The number of hydrogen-bond acceptors (Lipinski definition) is 4. The third-order valence-corrected chi connectivity index (χ3v) is 2.64. The number of esters is 1. The van der Waals surface area contributed by atoms with Gasteiger partial charge in [0, 0.05) is 6.54 Å². The number of aliphatic hydroxyl groups is 1. The van der Waals surface area contributed by atoms with Crippen LogP contribution in [0.1, 0.15) is 47.5 Å². The van der Waals surface area contributed by atoms with Crippen molar-refractivity contribution in [2.24, 2.45) is 5.92 Å². The van der Waals surface area contributed by atoms with Crippen LogP contribution in [0.5, 0.6) is 0 Å². The number of ether oxygens (including phenoxy) is 1. The van der Waals surface area contributed by atoms with Gasteiger partial charge in [0.1, 0.15) is 5.60 Å². The minimum atomic E-state index is -0.452. The van der Waals surface area contributed by atoms with Gasteiger partial charge in [-0.25, -0.2) is 0 Å². The predicted molar refractivity (Wildman–Crippen MR) is 68.8 cm³/mol. The number of hydrogen-bond donors (Lipinski definition) is 2. The van der Waals surface area contributed by atoms with Crippen molar-refractivity contribution in [3.05, 3.63) is 0 Å². The van der Waals surface area contributed by atoms with E-state index in [1.807, 2.05) is 20.8 Å². The fourth-order valence-electron chi connectivity index (χ4n) is 1.70. The molecule has 0 aliphatic heterocycles. The van der Waals surface area contributed by atoms with Gasteiger partial charge in [-0.05, 0) is 26.7 Å². The molecule has 0 aliphatic rings. The molecule has 0 saturated heterocycles. The predicted octanol–water partition coefficient (Wildman–Crippen LogP) is 1.71. The van der Waals surface area contributed by atoms with Crippen molar-refractivity contribution >= 4 is 5.97 Å². The standard InChI is InChI=1S/C13H27NO3/c1-6-10(7-2)11(15)8-14-9-12(16)17-13(3,4)5/h10-11,14-15H,6-9H2,1-5H3. The Morgan fingerprint density at radius 1 is 1.29 bits per heavy atom. The first kappa shape index (κ1) is 16.4. The number of carbonyl (C=O) groups is 1. The van der Waals surface area contributed by atoms with Crippen LogP contribution in [-0.2, 0) is 9.53 Å². The lowest BCUT2D eigenvalue weighted by molar-refractivity contribution is -0.153. The summed E-state index contributed by atoms with van der Waals surface area (Å²) < 4.78 is 5.15. The van der Waals surface area contributed by atoms with Crippen LogP contribution in [0.25, 0.3) is 0 Å². The Labute approximate surface area is 105 Å². The van der Waals surface area contributed by atoms with Crippen LogP contribution >= 0.6 is 0 Å². The zero-order chi connectivity index (χ0) is 13.5. The Bertz CT molecular complexity index is 219. The smallest absolute Gasteiger partial charge is 0.320 e. The molecule has 0 aromatic rings. The van der Waals surface area contributed by atoms with Gasteiger partial charge >= 0.3 is 5.97 Å². The highest BCUT2D eigenvalue weighted by molar-refractivity contribution is 5.72. The second-order valence-electron chi connectivity index (χ2n) is 5.36. The largest absolute Gasteiger partial charge is 0.459 e. The lowest BCUT2D eigenvalue weighted by Crippen LogP contribution is -2.37. The Morgan fingerprint density at radius 2 is 1.82 bits per heavy atom. The minimum Gasteiger partial charge on any atom is -0.459 e. The van der Waals surface area contributed by atoms with Gasteiger partial charge in [0.05, 0.1) is 12.6 Å². The average Bonchev–Trinajstić information content (AvgIpc) is 2.16. The molecule has 1 atom stereocenters. The number of rotatable bonds is 7. The summed E-state index contributed by atoms with van der Waals surface area (Å²) in [4.78, 5) is 11.4. The van der Waals surface area contributed by atoms with Gasteiger partial charge < -0.3 is 15.2 Å². The number of nitrogens with one attached hydrogen (secondary N) is 1. The van der Waals surface area contributed by atoms with Crippen molar-refractivity contribution in [3.8, 4) is 0 Å². The van der Waals surface area contributed by atoms with Crippen LogP contribution in [0.15, 0.2) is 0 Å². The molecule has 1 unspecified atom stereocenters. The van der Waals surface area contributed by atoms with E-state index in [4.69, 9.17) is 4.74 Å². The van der Waals surface area contributed by atoms with Crippen LogP contribution in [-0.4, -0.2) is 35.9 Å². The summed E-state index contributed by atoms with van der Waals surface area (Å²) in [6, 6.07) is 0. The van der Waals surface area contributed by atoms with E-state index in [0.29, 0.717) is 12.5 Å². The van der Waals surface area contributed by atoms with E-state index in [1.54, 1.807) is 0 Å². The minimum absolute atomic E-state index is 0.147. The number of carbonyl (C=O) groups excluding carboxylic acids is 1. The lowest BCUT2D eigenvalue weighted by atomic mass is 9.97. The summed E-state index contributed by atoms with van der Waals surface area (Å²) >= 11 is 0. The van der Waals surface area contributed by atoms with Crippen LogP contribution in [0.2, 0.25) is 0 Å². The topological polar surface area (TPSA) is 58.6 Å². The Balaban J connectivity index is 3.80. The summed E-state index contributed by atoms with van der Waals surface area (Å²) in [7, 11) is 0. The van der Waals surface area contributed by atoms with Crippen LogP contribution in [0.3, 0.4) is 0 Å². The van der Waals surface area contributed by atoms with Crippen molar-refractivity contribution in [1.82, 2.24) is 5.32 Å². The van der Waals surface area contributed by atoms with Crippen molar-refractivity contribution in [3.63, 3.8) is 0 Å². The van der Waals surface area contributed by atoms with Gasteiger partial charge in [-0.3, -0.25) is 4.79 Å². The van der Waals surface area contributed by atoms with Crippen LogP contribution in [0, 0.1) is 5.92 Å². The first-order chi connectivity index (χ1) is 7.80. The monoisotopic (exact) mass is 245 g/mol. The van der Waals surface area contributed by atoms with E-state index >= 15 is 0 Å². The maximum Gasteiger partial charge on any atom is 0.320 e. The van der Waals surface area contributed by atoms with Crippen LogP contribution < -0.4 is 5.32 Å². The molecule has 0 radical (unpaired) electrons. The third kappa shape index (κ3) is 8.16. The average molecular weight is 245 g/mol. The van der Waals surface area contributed by atoms with Gasteiger partial charge in [0.25, 0.3) is 0 Å². The Morgan fingerprint density at radius 3 is 2.24 bits per heavy atom. The summed E-state index contributed by atoms with van der Waals surface area (Å²) in [5.41, 5.74) is -0.452. The molecular weight excluding hydrogens is 218 g/mol. The van der Waals surface area contributed by atoms with Crippen LogP contribution in [0.4, 0.5) is 0 Å². The SMILES string of the molecule is CCC(CC)C(O)CNCC(=O)OC(C)(C)C. The molecule has 2 N–H and O–H groups in total. The fraction of sp³-hybridized carbons (Fsp3) is 0.923. The second-order valence-corrected chi connectivity index (χ2v) is 5.36. The molecule has 0 fully saturated rings. The maximum atomic E-state index is 11.4. The summed E-state index contributed by atoms with van der Waals surface area (Å²) in [5.74, 6) is 0.00961. The van der Waals surface area contributed by atoms with E-state index in [0.717, 1.165) is 12.8 Å². The highest BCUT2D eigenvalue weighted by atomic mass is 16.6. The molecule has 17 heavy (non-hydrogen) atoms. The Kier molecular flexibility index (Phi) is 7.39. The molecule has 4 heteroatoms.